The first-order valence-corrected chi connectivity index (χ1v) is 9.35. The van der Waals surface area contributed by atoms with Crippen LogP contribution >= 0.6 is 0 Å². The molecule has 146 valence electrons. The predicted octanol–water partition coefficient (Wildman–Crippen LogP) is 3.43. The molecule has 0 saturated carbocycles. The average molecular weight is 363 g/mol. The first kappa shape index (κ1) is 22.0. The maximum atomic E-state index is 12.5. The molecule has 0 aliphatic carbocycles. The summed E-state index contributed by atoms with van der Waals surface area (Å²) in [5.74, 6) is 1.05. The fourth-order valence-electron chi connectivity index (χ4n) is 2.67. The summed E-state index contributed by atoms with van der Waals surface area (Å²) in [6.45, 7) is 15.2. The lowest BCUT2D eigenvalue weighted by Crippen LogP contribution is -2.47. The summed E-state index contributed by atoms with van der Waals surface area (Å²) >= 11 is 0. The normalized spacial score (nSPS) is 11.3. The van der Waals surface area contributed by atoms with Gasteiger partial charge in [-0.2, -0.15) is 0 Å². The van der Waals surface area contributed by atoms with Crippen LogP contribution in [-0.2, 0) is 11.2 Å². The van der Waals surface area contributed by atoms with Gasteiger partial charge in [0.2, 0.25) is 0 Å². The molecule has 0 bridgehead atoms. The van der Waals surface area contributed by atoms with E-state index in [0.29, 0.717) is 18.0 Å². The lowest BCUT2D eigenvalue weighted by Gasteiger charge is -2.26. The van der Waals surface area contributed by atoms with Crippen molar-refractivity contribution in [1.82, 2.24) is 10.2 Å². The van der Waals surface area contributed by atoms with E-state index in [1.165, 1.54) is 0 Å². The first-order chi connectivity index (χ1) is 12.4. The number of hydrogen-bond acceptors (Lipinski definition) is 4. The molecule has 1 amide bonds. The summed E-state index contributed by atoms with van der Waals surface area (Å²) in [5.41, 5.74) is 0.102. The van der Waals surface area contributed by atoms with E-state index >= 15 is 0 Å². The first-order valence-electron chi connectivity index (χ1n) is 9.35. The van der Waals surface area contributed by atoms with E-state index in [1.54, 1.807) is 21.0 Å². The zero-order valence-electron chi connectivity index (χ0n) is 16.9. The molecule has 1 rings (SSSR count). The van der Waals surface area contributed by atoms with Crippen molar-refractivity contribution in [2.45, 2.75) is 46.1 Å². The third kappa shape index (κ3) is 6.71. The Morgan fingerprint density at radius 2 is 1.96 bits per heavy atom. The molecule has 0 spiro atoms. The van der Waals surface area contributed by atoms with E-state index in [4.69, 9.17) is 9.47 Å². The fraction of sp³-hybridized carbons (Fsp3) is 0.571. The Morgan fingerprint density at radius 1 is 1.27 bits per heavy atom. The van der Waals surface area contributed by atoms with Crippen molar-refractivity contribution in [2.24, 2.45) is 0 Å². The number of methoxy groups -OCH3 is 1. The largest absolute Gasteiger partial charge is 0.493 e. The van der Waals surface area contributed by atoms with Crippen LogP contribution in [0.4, 0.5) is 0 Å². The number of nitrogens with one attached hydrogen (secondary N) is 1. The quantitative estimate of drug-likeness (QED) is 0.457. The molecule has 26 heavy (non-hydrogen) atoms. The molecule has 5 nitrogen and oxygen atoms in total. The van der Waals surface area contributed by atoms with Crippen LogP contribution in [0.3, 0.4) is 0 Å². The molecule has 0 radical (unpaired) electrons. The smallest absolute Gasteiger partial charge is 0.263 e. The van der Waals surface area contributed by atoms with Crippen LogP contribution < -0.4 is 14.8 Å². The maximum absolute atomic E-state index is 12.5. The fourth-order valence-corrected chi connectivity index (χ4v) is 2.67. The van der Waals surface area contributed by atoms with Crippen LogP contribution in [0.15, 0.2) is 30.9 Å². The molecular formula is C21H34N2O3. The Morgan fingerprint density at radius 3 is 2.54 bits per heavy atom. The molecule has 0 aliphatic heterocycles. The maximum Gasteiger partial charge on any atom is 0.263 e. The third-order valence-electron chi connectivity index (χ3n) is 4.35. The SMILES string of the molecule is C=CCc1ccc(OC(C)(C)C(=O)NCCCN(CC)CC)c(OC)c1. The number of allylic oxidation sites excluding steroid dienone is 1. The molecule has 1 aromatic rings. The van der Waals surface area contributed by atoms with Gasteiger partial charge in [-0.05, 0) is 64.0 Å². The highest BCUT2D eigenvalue weighted by Crippen LogP contribution is 2.31. The molecule has 0 aromatic heterocycles. The van der Waals surface area contributed by atoms with Gasteiger partial charge in [0.05, 0.1) is 7.11 Å². The Labute approximate surface area is 158 Å². The van der Waals surface area contributed by atoms with Crippen molar-refractivity contribution >= 4 is 5.91 Å². The van der Waals surface area contributed by atoms with E-state index in [9.17, 15) is 4.79 Å². The third-order valence-corrected chi connectivity index (χ3v) is 4.35. The van der Waals surface area contributed by atoms with Crippen LogP contribution in [0, 0.1) is 0 Å². The summed E-state index contributed by atoms with van der Waals surface area (Å²) < 4.78 is 11.4. The standard InChI is InChI=1S/C21H34N2O3/c1-7-11-17-12-13-18(19(16-17)25-6)26-21(4,5)20(24)22-14-10-15-23(8-2)9-3/h7,12-13,16H,1,8-11,14-15H2,2-6H3,(H,22,24). The van der Waals surface area contributed by atoms with E-state index in [1.807, 2.05) is 24.3 Å². The van der Waals surface area contributed by atoms with Crippen LogP contribution in [0.1, 0.15) is 39.7 Å². The second-order valence-corrected chi connectivity index (χ2v) is 6.73. The van der Waals surface area contributed by atoms with Gasteiger partial charge in [-0.15, -0.1) is 6.58 Å². The molecule has 0 saturated heterocycles. The number of nitrogens with zero attached hydrogens (tertiary/aromatic N) is 1. The van der Waals surface area contributed by atoms with Gasteiger partial charge in [0.15, 0.2) is 17.1 Å². The van der Waals surface area contributed by atoms with Gasteiger partial charge in [0.1, 0.15) is 0 Å². The highest BCUT2D eigenvalue weighted by molar-refractivity contribution is 5.84. The van der Waals surface area contributed by atoms with Crippen molar-refractivity contribution in [1.29, 1.82) is 0 Å². The summed E-state index contributed by atoms with van der Waals surface area (Å²) in [5, 5.41) is 2.97. The van der Waals surface area contributed by atoms with Crippen LogP contribution in [0.2, 0.25) is 0 Å². The summed E-state index contributed by atoms with van der Waals surface area (Å²) in [7, 11) is 1.60. The van der Waals surface area contributed by atoms with Gasteiger partial charge < -0.3 is 19.7 Å². The number of carbonyl (C=O) groups excluding carboxylic acids is 1. The lowest BCUT2D eigenvalue weighted by atomic mass is 10.1. The minimum absolute atomic E-state index is 0.130. The monoisotopic (exact) mass is 362 g/mol. The number of ether oxygens (including phenoxy) is 2. The van der Waals surface area contributed by atoms with E-state index in [2.05, 4.69) is 30.6 Å². The zero-order valence-corrected chi connectivity index (χ0v) is 16.9. The van der Waals surface area contributed by atoms with Crippen molar-refractivity contribution < 1.29 is 14.3 Å². The highest BCUT2D eigenvalue weighted by atomic mass is 16.5. The summed E-state index contributed by atoms with van der Waals surface area (Å²) in [4.78, 5) is 14.9. The minimum atomic E-state index is -0.984. The van der Waals surface area contributed by atoms with Gasteiger partial charge in [-0.25, -0.2) is 0 Å². The van der Waals surface area contributed by atoms with Crippen molar-refractivity contribution in [3.05, 3.63) is 36.4 Å². The Hall–Kier alpha value is -2.01. The van der Waals surface area contributed by atoms with Crippen molar-refractivity contribution in [3.8, 4) is 11.5 Å². The van der Waals surface area contributed by atoms with E-state index in [-0.39, 0.29) is 5.91 Å². The molecule has 0 aliphatic rings. The Balaban J connectivity index is 2.64. The molecule has 0 heterocycles. The van der Waals surface area contributed by atoms with Crippen LogP contribution in [0.25, 0.3) is 0 Å². The number of rotatable bonds is 12. The molecule has 1 aromatic carbocycles. The van der Waals surface area contributed by atoms with Gasteiger partial charge in [0.25, 0.3) is 5.91 Å². The molecule has 5 heteroatoms. The zero-order chi connectivity index (χ0) is 19.6. The Kier molecular flexibility index (Phi) is 9.21. The summed E-state index contributed by atoms with van der Waals surface area (Å²) in [6.07, 6.45) is 3.51. The molecule has 1 N–H and O–H groups in total. The van der Waals surface area contributed by atoms with Crippen LogP contribution in [0.5, 0.6) is 11.5 Å². The number of hydrogen-bond donors (Lipinski definition) is 1. The molecule has 0 fully saturated rings. The molecule has 0 unspecified atom stereocenters. The second-order valence-electron chi connectivity index (χ2n) is 6.73. The highest BCUT2D eigenvalue weighted by Gasteiger charge is 2.30. The van der Waals surface area contributed by atoms with Crippen LogP contribution in [-0.4, -0.2) is 49.7 Å². The minimum Gasteiger partial charge on any atom is -0.493 e. The van der Waals surface area contributed by atoms with Gasteiger partial charge in [-0.3, -0.25) is 4.79 Å². The van der Waals surface area contributed by atoms with Crippen molar-refractivity contribution in [3.63, 3.8) is 0 Å². The molecular weight excluding hydrogens is 328 g/mol. The van der Waals surface area contributed by atoms with E-state index in [0.717, 1.165) is 38.0 Å². The van der Waals surface area contributed by atoms with E-state index < -0.39 is 5.60 Å². The number of amides is 1. The number of benzene rings is 1. The van der Waals surface area contributed by atoms with Gasteiger partial charge in [0, 0.05) is 6.54 Å². The summed E-state index contributed by atoms with van der Waals surface area (Å²) in [6, 6.07) is 5.71. The topological polar surface area (TPSA) is 50.8 Å². The Bertz CT molecular complexity index is 581. The predicted molar refractivity (Wildman–Crippen MR) is 107 cm³/mol. The second kappa shape index (κ2) is 10.9. The van der Waals surface area contributed by atoms with Crippen molar-refractivity contribution in [2.75, 3.05) is 33.3 Å². The molecule has 0 atom stereocenters. The average Bonchev–Trinajstić information content (AvgIpc) is 2.62. The van der Waals surface area contributed by atoms with Gasteiger partial charge in [-0.1, -0.05) is 26.0 Å². The van der Waals surface area contributed by atoms with Gasteiger partial charge >= 0.3 is 0 Å². The number of carbonyl (C=O) groups is 1. The lowest BCUT2D eigenvalue weighted by molar-refractivity contribution is -0.134.